The predicted octanol–water partition coefficient (Wildman–Crippen LogP) is 3.19. The quantitative estimate of drug-likeness (QED) is 0.691. The third-order valence-corrected chi connectivity index (χ3v) is 3.85. The van der Waals surface area contributed by atoms with Crippen molar-refractivity contribution in [1.29, 1.82) is 0 Å². The Balaban J connectivity index is 0.00000128. The molecular weight excluding hydrogens is 268 g/mol. The molecule has 16 heavy (non-hydrogen) atoms. The molecule has 86 valence electrons. The molecule has 0 radical (unpaired) electrons. The minimum atomic E-state index is -0.394. The number of rotatable bonds is 3. The molecule has 0 aliphatic rings. The van der Waals surface area contributed by atoms with Gasteiger partial charge in [0, 0.05) is 16.3 Å². The van der Waals surface area contributed by atoms with E-state index < -0.39 is 4.92 Å². The largest absolute Gasteiger partial charge is 0.324 e. The van der Waals surface area contributed by atoms with Crippen molar-refractivity contribution < 1.29 is 4.92 Å². The van der Waals surface area contributed by atoms with Crippen LogP contribution in [0.15, 0.2) is 29.0 Å². The highest BCUT2D eigenvalue weighted by molar-refractivity contribution is 7.13. The molecule has 2 rings (SSSR count). The first-order chi connectivity index (χ1) is 7.18. The zero-order chi connectivity index (χ0) is 10.8. The number of nitrogens with two attached hydrogens (primary N) is 1. The summed E-state index contributed by atoms with van der Waals surface area (Å²) in [6, 6.07) is 5.13. The first-order valence-electron chi connectivity index (χ1n) is 4.20. The van der Waals surface area contributed by atoms with Crippen molar-refractivity contribution in [3.8, 4) is 0 Å². The molecule has 0 saturated heterocycles. The average molecular weight is 277 g/mol. The molecule has 0 unspecified atom stereocenters. The monoisotopic (exact) mass is 276 g/mol. The van der Waals surface area contributed by atoms with Crippen LogP contribution in [-0.4, -0.2) is 4.92 Å². The summed E-state index contributed by atoms with van der Waals surface area (Å²) < 4.78 is 0. The van der Waals surface area contributed by atoms with Gasteiger partial charge in [0.15, 0.2) is 0 Å². The van der Waals surface area contributed by atoms with Crippen molar-refractivity contribution in [2.24, 2.45) is 5.73 Å². The fourth-order valence-electron chi connectivity index (χ4n) is 1.23. The zero-order valence-corrected chi connectivity index (χ0v) is 10.5. The summed E-state index contributed by atoms with van der Waals surface area (Å²) in [6.07, 6.45) is 0. The van der Waals surface area contributed by atoms with Crippen molar-refractivity contribution in [2.75, 3.05) is 0 Å². The number of nitro groups is 1. The van der Waals surface area contributed by atoms with E-state index in [2.05, 4.69) is 0 Å². The van der Waals surface area contributed by atoms with Crippen molar-refractivity contribution in [2.45, 2.75) is 6.04 Å². The van der Waals surface area contributed by atoms with Gasteiger partial charge < -0.3 is 5.73 Å². The molecule has 7 heteroatoms. The van der Waals surface area contributed by atoms with Crippen molar-refractivity contribution in [3.05, 3.63) is 49.5 Å². The molecule has 0 amide bonds. The van der Waals surface area contributed by atoms with Crippen LogP contribution in [-0.2, 0) is 0 Å². The Morgan fingerprint density at radius 1 is 1.44 bits per heavy atom. The molecular formula is C9H9ClN2O2S2. The van der Waals surface area contributed by atoms with E-state index in [0.29, 0.717) is 0 Å². The Morgan fingerprint density at radius 2 is 2.19 bits per heavy atom. The highest BCUT2D eigenvalue weighted by atomic mass is 35.5. The van der Waals surface area contributed by atoms with Gasteiger partial charge in [0.2, 0.25) is 0 Å². The molecule has 0 saturated carbocycles. The van der Waals surface area contributed by atoms with Gasteiger partial charge in [-0.3, -0.25) is 10.1 Å². The van der Waals surface area contributed by atoms with Gasteiger partial charge in [-0.2, -0.15) is 0 Å². The summed E-state index contributed by atoms with van der Waals surface area (Å²) in [6.45, 7) is 0. The smallest absolute Gasteiger partial charge is 0.320 e. The zero-order valence-electron chi connectivity index (χ0n) is 8.03. The van der Waals surface area contributed by atoms with Crippen LogP contribution >= 0.6 is 35.1 Å². The molecule has 4 nitrogen and oxygen atoms in total. The van der Waals surface area contributed by atoms with Crippen LogP contribution in [0, 0.1) is 10.1 Å². The van der Waals surface area contributed by atoms with Crippen LogP contribution in [0.3, 0.4) is 0 Å². The van der Waals surface area contributed by atoms with E-state index >= 15 is 0 Å². The maximum absolute atomic E-state index is 10.5. The third kappa shape index (κ3) is 2.59. The highest BCUT2D eigenvalue weighted by Gasteiger charge is 2.16. The van der Waals surface area contributed by atoms with Gasteiger partial charge in [-0.25, -0.2) is 0 Å². The normalized spacial score (nSPS) is 11.8. The van der Waals surface area contributed by atoms with Crippen LogP contribution in [0.5, 0.6) is 0 Å². The summed E-state index contributed by atoms with van der Waals surface area (Å²) in [7, 11) is 0. The summed E-state index contributed by atoms with van der Waals surface area (Å²) in [5.74, 6) is 0. The average Bonchev–Trinajstić information content (AvgIpc) is 2.88. The maximum Gasteiger partial charge on any atom is 0.324 e. The van der Waals surface area contributed by atoms with E-state index in [1.54, 1.807) is 16.7 Å². The molecule has 0 aliphatic heterocycles. The fraction of sp³-hybridized carbons (Fsp3) is 0.111. The molecule has 2 aromatic heterocycles. The van der Waals surface area contributed by atoms with Crippen molar-refractivity contribution in [1.82, 2.24) is 0 Å². The molecule has 2 N–H and O–H groups in total. The van der Waals surface area contributed by atoms with Gasteiger partial charge in [-0.05, 0) is 17.0 Å². The van der Waals surface area contributed by atoms with Gasteiger partial charge in [0.25, 0.3) is 0 Å². The number of thiophene rings is 2. The summed E-state index contributed by atoms with van der Waals surface area (Å²) in [5, 5.41) is 14.3. The Kier molecular flexibility index (Phi) is 4.43. The summed E-state index contributed by atoms with van der Waals surface area (Å²) >= 11 is 2.66. The van der Waals surface area contributed by atoms with E-state index in [1.165, 1.54) is 6.07 Å². The second-order valence-electron chi connectivity index (χ2n) is 2.97. The lowest BCUT2D eigenvalue weighted by molar-refractivity contribution is -0.380. The minimum Gasteiger partial charge on any atom is -0.320 e. The lowest BCUT2D eigenvalue weighted by atomic mass is 10.1. The molecule has 2 heterocycles. The van der Waals surface area contributed by atoms with Crippen molar-refractivity contribution >= 4 is 40.1 Å². The van der Waals surface area contributed by atoms with Gasteiger partial charge in [0.05, 0.1) is 11.0 Å². The molecule has 0 aliphatic carbocycles. The number of hydrogen-bond acceptors (Lipinski definition) is 5. The van der Waals surface area contributed by atoms with Gasteiger partial charge >= 0.3 is 5.00 Å². The molecule has 0 bridgehead atoms. The Morgan fingerprint density at radius 3 is 2.69 bits per heavy atom. The summed E-state index contributed by atoms with van der Waals surface area (Å²) in [5.41, 5.74) is 6.77. The number of halogens is 1. The number of hydrogen-bond donors (Lipinski definition) is 1. The van der Waals surface area contributed by atoms with Crippen LogP contribution < -0.4 is 5.73 Å². The Bertz CT molecular complexity index is 470. The van der Waals surface area contributed by atoms with E-state index in [1.807, 2.05) is 17.5 Å². The lowest BCUT2D eigenvalue weighted by Crippen LogP contribution is -2.08. The van der Waals surface area contributed by atoms with Crippen LogP contribution in [0.2, 0.25) is 0 Å². The van der Waals surface area contributed by atoms with Gasteiger partial charge in [-0.15, -0.1) is 23.7 Å². The first-order valence-corrected chi connectivity index (χ1v) is 5.96. The molecule has 1 atom stereocenters. The Hall–Kier alpha value is -0.950. The third-order valence-electron chi connectivity index (χ3n) is 1.99. The standard InChI is InChI=1S/C9H8N2O2S2.ClH/c10-9(7-2-1-3-14-7)6-4-8(11(12)13)15-5-6;/h1-5,9H,10H2;1H/t9-;/m0./s1. The van der Waals surface area contributed by atoms with E-state index in [4.69, 9.17) is 5.73 Å². The molecule has 0 fully saturated rings. The first kappa shape index (κ1) is 13.1. The van der Waals surface area contributed by atoms with Crippen LogP contribution in [0.1, 0.15) is 16.5 Å². The van der Waals surface area contributed by atoms with Gasteiger partial charge in [-0.1, -0.05) is 17.4 Å². The van der Waals surface area contributed by atoms with E-state index in [0.717, 1.165) is 21.8 Å². The summed E-state index contributed by atoms with van der Waals surface area (Å²) in [4.78, 5) is 11.1. The SMILES string of the molecule is Cl.N[C@@H](c1csc([N+](=O)[O-])c1)c1cccs1. The second kappa shape index (κ2) is 5.40. The topological polar surface area (TPSA) is 69.2 Å². The number of nitrogens with zero attached hydrogens (tertiary/aromatic N) is 1. The minimum absolute atomic E-state index is 0. The van der Waals surface area contributed by atoms with E-state index in [9.17, 15) is 10.1 Å². The van der Waals surface area contributed by atoms with E-state index in [-0.39, 0.29) is 23.4 Å². The van der Waals surface area contributed by atoms with Crippen molar-refractivity contribution in [3.63, 3.8) is 0 Å². The molecule has 0 spiro atoms. The fourth-order valence-corrected chi connectivity index (χ4v) is 2.75. The Labute approximate surface area is 106 Å². The molecule has 0 aromatic carbocycles. The predicted molar refractivity (Wildman–Crippen MR) is 68.6 cm³/mol. The highest BCUT2D eigenvalue weighted by Crippen LogP contribution is 2.30. The lowest BCUT2D eigenvalue weighted by Gasteiger charge is -2.05. The van der Waals surface area contributed by atoms with Crippen LogP contribution in [0.25, 0.3) is 0 Å². The second-order valence-corrected chi connectivity index (χ2v) is 4.84. The van der Waals surface area contributed by atoms with Gasteiger partial charge in [0.1, 0.15) is 0 Å². The maximum atomic E-state index is 10.5. The molecule has 2 aromatic rings. The van der Waals surface area contributed by atoms with Crippen LogP contribution in [0.4, 0.5) is 5.00 Å².